The number of rotatable bonds is 14. The molecule has 2 aromatic heterocycles. The number of esters is 4. The molecule has 3 amide bonds. The molecule has 1 fully saturated rings. The average Bonchev–Trinajstić information content (AvgIpc) is 3.53. The molecule has 1 saturated heterocycles. The molecule has 0 saturated carbocycles. The molecule has 20 nitrogen and oxygen atoms in total. The highest BCUT2D eigenvalue weighted by Crippen LogP contribution is 2.24. The van der Waals surface area contributed by atoms with E-state index in [4.69, 9.17) is 30.4 Å². The Balaban J connectivity index is 1.42. The van der Waals surface area contributed by atoms with Crippen LogP contribution in [0.2, 0.25) is 0 Å². The van der Waals surface area contributed by atoms with Crippen LogP contribution in [0.25, 0.3) is 11.2 Å². The van der Waals surface area contributed by atoms with Gasteiger partial charge in [-0.05, 0) is 78.6 Å². The minimum Gasteiger partial charge on any atom is -0.427 e. The lowest BCUT2D eigenvalue weighted by Crippen LogP contribution is -2.46. The molecule has 0 unspecified atom stereocenters. The van der Waals surface area contributed by atoms with Gasteiger partial charge in [0.2, 0.25) is 31.3 Å². The fourth-order valence-electron chi connectivity index (χ4n) is 5.27. The number of carbonyl (C=O) groups is 7. The highest BCUT2D eigenvalue weighted by Gasteiger charge is 2.41. The maximum absolute atomic E-state index is 13.4. The van der Waals surface area contributed by atoms with Gasteiger partial charge in [-0.15, -0.1) is 0 Å². The van der Waals surface area contributed by atoms with Crippen LogP contribution in [0.4, 0.5) is 17.5 Å². The first-order valence-corrected chi connectivity index (χ1v) is 17.8. The first-order chi connectivity index (χ1) is 26.6. The lowest BCUT2D eigenvalue weighted by Gasteiger charge is -2.23. The monoisotopic (exact) mass is 793 g/mol. The number of hydrogen-bond acceptors (Lipinski definition) is 18. The van der Waals surface area contributed by atoms with E-state index in [1.54, 1.807) is 60.7 Å². The highest BCUT2D eigenvalue weighted by atomic mass is 16.7. The molecule has 1 aromatic carbocycles. The SMILES string of the molecule is CN(Cc1cnc2nc(N)nc(N)c2n1)c1ccc(C(=O)N[C@@H](CCC(=O)N2C(=O)CC[C@H]2C(=O)OCOC(=O)C(C)(C)C)C(=O)OCOC(=O)C(C)(C)C)cc1. The maximum atomic E-state index is 13.4. The number of anilines is 3. The first kappa shape index (κ1) is 43.3. The van der Waals surface area contributed by atoms with Gasteiger partial charge in [0, 0.05) is 31.1 Å². The summed E-state index contributed by atoms with van der Waals surface area (Å²) >= 11 is 0. The second-order valence-corrected chi connectivity index (χ2v) is 15.2. The number of nitrogens with two attached hydrogens (primary N) is 2. The van der Waals surface area contributed by atoms with Crippen LogP contribution >= 0.6 is 0 Å². The van der Waals surface area contributed by atoms with Gasteiger partial charge in [0.05, 0.1) is 29.3 Å². The number of benzene rings is 1. The molecule has 5 N–H and O–H groups in total. The summed E-state index contributed by atoms with van der Waals surface area (Å²) in [6.45, 7) is 8.49. The second-order valence-electron chi connectivity index (χ2n) is 15.2. The van der Waals surface area contributed by atoms with Crippen molar-refractivity contribution in [2.24, 2.45) is 10.8 Å². The van der Waals surface area contributed by atoms with Crippen LogP contribution in [-0.2, 0) is 54.3 Å². The van der Waals surface area contributed by atoms with Gasteiger partial charge in [-0.3, -0.25) is 28.9 Å². The van der Waals surface area contributed by atoms with E-state index in [2.05, 4.69) is 25.3 Å². The predicted octanol–water partition coefficient (Wildman–Crippen LogP) is 1.80. The number of nitrogen functional groups attached to an aromatic ring is 2. The van der Waals surface area contributed by atoms with Crippen LogP contribution in [-0.4, -0.2) is 99.2 Å². The van der Waals surface area contributed by atoms with Gasteiger partial charge in [0.15, 0.2) is 17.0 Å². The lowest BCUT2D eigenvalue weighted by atomic mass is 9.97. The summed E-state index contributed by atoms with van der Waals surface area (Å²) in [4.78, 5) is 109. The molecule has 20 heteroatoms. The Labute approximate surface area is 328 Å². The fourth-order valence-corrected chi connectivity index (χ4v) is 5.27. The molecule has 2 atom stereocenters. The summed E-state index contributed by atoms with van der Waals surface area (Å²) in [6.07, 6.45) is 0.524. The summed E-state index contributed by atoms with van der Waals surface area (Å²) in [5.41, 5.74) is 11.8. The van der Waals surface area contributed by atoms with Gasteiger partial charge >= 0.3 is 23.9 Å². The number of nitrogens with zero attached hydrogens (tertiary/aromatic N) is 6. The second kappa shape index (κ2) is 18.0. The molecule has 0 aliphatic carbocycles. The molecule has 1 aliphatic rings. The van der Waals surface area contributed by atoms with Crippen molar-refractivity contribution in [1.29, 1.82) is 0 Å². The van der Waals surface area contributed by atoms with Gasteiger partial charge in [0.1, 0.15) is 12.1 Å². The van der Waals surface area contributed by atoms with Crippen LogP contribution in [0.5, 0.6) is 0 Å². The average molecular weight is 794 g/mol. The lowest BCUT2D eigenvalue weighted by molar-refractivity contribution is -0.178. The highest BCUT2D eigenvalue weighted by molar-refractivity contribution is 6.02. The Bertz CT molecular complexity index is 2030. The number of amides is 3. The Morgan fingerprint density at radius 1 is 0.895 bits per heavy atom. The number of nitrogens with one attached hydrogen (secondary N) is 1. The summed E-state index contributed by atoms with van der Waals surface area (Å²) in [5, 5.41) is 2.54. The topological polar surface area (TPSA) is 279 Å². The minimum absolute atomic E-state index is 0.0211. The summed E-state index contributed by atoms with van der Waals surface area (Å²) in [6, 6.07) is 3.61. The van der Waals surface area contributed by atoms with Crippen molar-refractivity contribution >= 4 is 70.2 Å². The van der Waals surface area contributed by atoms with Gasteiger partial charge in [-0.25, -0.2) is 19.6 Å². The largest absolute Gasteiger partial charge is 0.427 e. The number of likely N-dealkylation sites (tertiary alicyclic amines) is 1. The standard InChI is InChI=1S/C37H47N9O11/c1-36(2,3)33(52)56-18-54-31(50)23(12-14-25(47)46-24(13-15-26(46)48)32(51)55-19-57-34(53)37(4,5)6)42-30(49)20-8-10-22(11-9-20)45(7)17-21-16-40-29-27(41-21)28(38)43-35(39)44-29/h8-11,16,23-24H,12-15,17-19H2,1-7H3,(H,42,49)(H4,38,39,40,43,44)/t23-,24-/m0/s1. The summed E-state index contributed by atoms with van der Waals surface area (Å²) in [5.74, 6) is -5.35. The Hall–Kier alpha value is -6.47. The molecule has 57 heavy (non-hydrogen) atoms. The third kappa shape index (κ3) is 11.5. The molecule has 0 spiro atoms. The van der Waals surface area contributed by atoms with Crippen LogP contribution in [0.3, 0.4) is 0 Å². The minimum atomic E-state index is -1.45. The van der Waals surface area contributed by atoms with Crippen LogP contribution in [0.1, 0.15) is 83.3 Å². The fraction of sp³-hybridized carbons (Fsp3) is 0.486. The Morgan fingerprint density at radius 2 is 1.51 bits per heavy atom. The zero-order valence-electron chi connectivity index (χ0n) is 32.8. The zero-order chi connectivity index (χ0) is 42.2. The smallest absolute Gasteiger partial charge is 0.332 e. The molecule has 3 heterocycles. The zero-order valence-corrected chi connectivity index (χ0v) is 32.8. The van der Waals surface area contributed by atoms with Crippen molar-refractivity contribution in [1.82, 2.24) is 30.2 Å². The molecular formula is C37H47N9O11. The van der Waals surface area contributed by atoms with Gasteiger partial charge in [-0.1, -0.05) is 0 Å². The first-order valence-electron chi connectivity index (χ1n) is 17.8. The van der Waals surface area contributed by atoms with E-state index in [1.807, 2.05) is 4.90 Å². The third-order valence-corrected chi connectivity index (χ3v) is 8.47. The molecule has 1 aliphatic heterocycles. The molecular weight excluding hydrogens is 746 g/mol. The summed E-state index contributed by atoms with van der Waals surface area (Å²) < 4.78 is 20.1. The van der Waals surface area contributed by atoms with Crippen molar-refractivity contribution in [3.63, 3.8) is 0 Å². The van der Waals surface area contributed by atoms with Crippen LogP contribution < -0.4 is 21.7 Å². The van der Waals surface area contributed by atoms with Crippen molar-refractivity contribution in [2.75, 3.05) is 37.0 Å². The van der Waals surface area contributed by atoms with E-state index in [1.165, 1.54) is 18.3 Å². The number of imide groups is 1. The number of fused-ring (bicyclic) bond motifs is 1. The van der Waals surface area contributed by atoms with Crippen LogP contribution in [0, 0.1) is 10.8 Å². The molecule has 4 rings (SSSR count). The molecule has 3 aromatic rings. The van der Waals surface area contributed by atoms with E-state index in [0.29, 0.717) is 23.4 Å². The van der Waals surface area contributed by atoms with Crippen molar-refractivity contribution in [3.8, 4) is 0 Å². The molecule has 306 valence electrons. The van der Waals surface area contributed by atoms with Gasteiger partial charge in [-0.2, -0.15) is 9.97 Å². The third-order valence-electron chi connectivity index (χ3n) is 8.47. The van der Waals surface area contributed by atoms with E-state index < -0.39 is 84.5 Å². The Kier molecular flexibility index (Phi) is 13.7. The Morgan fingerprint density at radius 3 is 2.12 bits per heavy atom. The van der Waals surface area contributed by atoms with Crippen molar-refractivity contribution in [2.45, 2.75) is 85.9 Å². The van der Waals surface area contributed by atoms with Crippen molar-refractivity contribution < 1.29 is 52.5 Å². The van der Waals surface area contributed by atoms with E-state index in [-0.39, 0.29) is 42.2 Å². The quantitative estimate of drug-likeness (QED) is 0.155. The van der Waals surface area contributed by atoms with Crippen LogP contribution in [0.15, 0.2) is 30.5 Å². The normalized spacial score (nSPS) is 14.8. The number of aromatic nitrogens is 4. The van der Waals surface area contributed by atoms with E-state index in [0.717, 1.165) is 4.90 Å². The number of hydrogen-bond donors (Lipinski definition) is 3. The van der Waals surface area contributed by atoms with E-state index in [9.17, 15) is 33.6 Å². The molecule has 0 radical (unpaired) electrons. The number of carbonyl (C=O) groups excluding carboxylic acids is 7. The molecule has 0 bridgehead atoms. The van der Waals surface area contributed by atoms with Gasteiger partial charge in [0.25, 0.3) is 5.91 Å². The number of ether oxygens (including phenoxy) is 4. The maximum Gasteiger partial charge on any atom is 0.332 e. The van der Waals surface area contributed by atoms with E-state index >= 15 is 0 Å². The summed E-state index contributed by atoms with van der Waals surface area (Å²) in [7, 11) is 1.79. The van der Waals surface area contributed by atoms with Crippen molar-refractivity contribution in [3.05, 3.63) is 41.7 Å². The van der Waals surface area contributed by atoms with Gasteiger partial charge < -0.3 is 40.6 Å². The predicted molar refractivity (Wildman–Crippen MR) is 201 cm³/mol.